The summed E-state index contributed by atoms with van der Waals surface area (Å²) in [6.45, 7) is 4.33. The molecule has 0 aliphatic carbocycles. The Hall–Kier alpha value is -3.59. The largest absolute Gasteiger partial charge is 0.493 e. The second kappa shape index (κ2) is 11.0. The number of hydrogen-bond acceptors (Lipinski definition) is 6. The number of nitrogens with zero attached hydrogens (tertiary/aromatic N) is 2. The Morgan fingerprint density at radius 3 is 2.26 bits per heavy atom. The summed E-state index contributed by atoms with van der Waals surface area (Å²) in [5, 5.41) is 0. The lowest BCUT2D eigenvalue weighted by Crippen LogP contribution is -2.52. The molecule has 1 heterocycles. The van der Waals surface area contributed by atoms with Gasteiger partial charge in [-0.15, -0.1) is 6.58 Å². The van der Waals surface area contributed by atoms with Crippen LogP contribution < -0.4 is 14.2 Å². The third-order valence-corrected chi connectivity index (χ3v) is 5.72. The molecule has 178 valence electrons. The van der Waals surface area contributed by atoms with Crippen molar-refractivity contribution in [2.24, 2.45) is 0 Å². The Morgan fingerprint density at radius 2 is 1.62 bits per heavy atom. The van der Waals surface area contributed by atoms with Crippen LogP contribution in [0.4, 0.5) is 4.79 Å². The van der Waals surface area contributed by atoms with E-state index >= 15 is 0 Å². The lowest BCUT2D eigenvalue weighted by molar-refractivity contribution is -0.134. The number of urea groups is 1. The van der Waals surface area contributed by atoms with Crippen LogP contribution in [-0.2, 0) is 16.0 Å². The first-order chi connectivity index (χ1) is 16.3. The number of barbiturate groups is 1. The third-order valence-electron chi connectivity index (χ3n) is 5.13. The van der Waals surface area contributed by atoms with Gasteiger partial charge in [-0.05, 0) is 57.8 Å². The van der Waals surface area contributed by atoms with Crippen molar-refractivity contribution in [3.05, 3.63) is 70.2 Å². The lowest BCUT2D eigenvalue weighted by Gasteiger charge is -2.28. The number of likely N-dealkylation sites (N-methyl/N-ethyl adjacent to an activating group) is 2. The van der Waals surface area contributed by atoms with Crippen molar-refractivity contribution < 1.29 is 28.6 Å². The number of rotatable bonds is 9. The van der Waals surface area contributed by atoms with Crippen molar-refractivity contribution in [3.63, 3.8) is 0 Å². The Bertz CT molecular complexity index is 1130. The first-order valence-corrected chi connectivity index (χ1v) is 11.2. The van der Waals surface area contributed by atoms with Crippen LogP contribution in [-0.4, -0.2) is 62.1 Å². The van der Waals surface area contributed by atoms with Crippen molar-refractivity contribution in [2.45, 2.75) is 6.42 Å². The minimum atomic E-state index is -0.677. The number of hydrogen-bond donors (Lipinski definition) is 0. The molecule has 1 aliphatic heterocycles. The maximum atomic E-state index is 12.5. The maximum Gasteiger partial charge on any atom is 0.333 e. The molecule has 9 heteroatoms. The summed E-state index contributed by atoms with van der Waals surface area (Å²) < 4.78 is 17.8. The number of imide groups is 2. The number of amides is 4. The van der Waals surface area contributed by atoms with Crippen LogP contribution in [0.5, 0.6) is 17.2 Å². The highest BCUT2D eigenvalue weighted by molar-refractivity contribution is 9.10. The van der Waals surface area contributed by atoms with Gasteiger partial charge in [0.25, 0.3) is 11.8 Å². The number of para-hydroxylation sites is 1. The van der Waals surface area contributed by atoms with Crippen LogP contribution >= 0.6 is 15.9 Å². The number of carbonyl (C=O) groups excluding carboxylic acids is 3. The van der Waals surface area contributed by atoms with Gasteiger partial charge >= 0.3 is 6.03 Å². The van der Waals surface area contributed by atoms with Crippen LogP contribution in [0.2, 0.25) is 0 Å². The summed E-state index contributed by atoms with van der Waals surface area (Å²) in [6, 6.07) is 10.4. The number of halogens is 1. The average Bonchev–Trinajstić information content (AvgIpc) is 2.83. The van der Waals surface area contributed by atoms with Crippen LogP contribution in [0.1, 0.15) is 11.1 Å². The summed E-state index contributed by atoms with van der Waals surface area (Å²) in [6.07, 6.45) is 3.94. The fourth-order valence-corrected chi connectivity index (χ4v) is 3.94. The molecule has 0 spiro atoms. The Balaban J connectivity index is 1.75. The second-order valence-electron chi connectivity index (χ2n) is 7.40. The van der Waals surface area contributed by atoms with E-state index in [1.54, 1.807) is 12.1 Å². The molecule has 4 amide bonds. The Labute approximate surface area is 206 Å². The molecule has 0 unspecified atom stereocenters. The van der Waals surface area contributed by atoms with E-state index in [-0.39, 0.29) is 12.2 Å². The lowest BCUT2D eigenvalue weighted by atomic mass is 10.1. The van der Waals surface area contributed by atoms with Crippen LogP contribution in [0.25, 0.3) is 6.08 Å². The highest BCUT2D eigenvalue weighted by Crippen LogP contribution is 2.37. The molecule has 34 heavy (non-hydrogen) atoms. The third kappa shape index (κ3) is 5.31. The molecular weight excluding hydrogens is 504 g/mol. The molecule has 1 saturated heterocycles. The fraction of sp³-hybridized carbons (Fsp3) is 0.240. The molecule has 1 fully saturated rings. The summed E-state index contributed by atoms with van der Waals surface area (Å²) >= 11 is 3.47. The predicted octanol–water partition coefficient (Wildman–Crippen LogP) is 4.08. The molecule has 0 saturated carbocycles. The molecular formula is C25H25BrN2O6. The summed E-state index contributed by atoms with van der Waals surface area (Å²) in [7, 11) is 4.14. The second-order valence-corrected chi connectivity index (χ2v) is 8.25. The number of allylic oxidation sites excluding steroid dienone is 1. The molecule has 0 aromatic heterocycles. The van der Waals surface area contributed by atoms with E-state index in [9.17, 15) is 14.4 Å². The van der Waals surface area contributed by atoms with Crippen molar-refractivity contribution in [1.82, 2.24) is 9.80 Å². The van der Waals surface area contributed by atoms with Gasteiger partial charge < -0.3 is 14.2 Å². The number of methoxy groups -OCH3 is 1. The molecule has 3 rings (SSSR count). The van der Waals surface area contributed by atoms with E-state index in [2.05, 4.69) is 22.5 Å². The predicted molar refractivity (Wildman–Crippen MR) is 131 cm³/mol. The van der Waals surface area contributed by atoms with Gasteiger partial charge in [0.15, 0.2) is 11.5 Å². The zero-order valence-electron chi connectivity index (χ0n) is 19.2. The average molecular weight is 529 g/mol. The molecule has 0 bridgehead atoms. The summed E-state index contributed by atoms with van der Waals surface area (Å²) in [5.74, 6) is 0.296. The van der Waals surface area contributed by atoms with Gasteiger partial charge in [-0.25, -0.2) is 4.79 Å². The summed E-state index contributed by atoms with van der Waals surface area (Å²) in [4.78, 5) is 38.6. The smallest absolute Gasteiger partial charge is 0.333 e. The van der Waals surface area contributed by atoms with Gasteiger partial charge in [0.05, 0.1) is 11.6 Å². The van der Waals surface area contributed by atoms with Gasteiger partial charge in [-0.3, -0.25) is 19.4 Å². The van der Waals surface area contributed by atoms with Gasteiger partial charge in [0, 0.05) is 14.1 Å². The topological polar surface area (TPSA) is 85.4 Å². The molecule has 8 nitrogen and oxygen atoms in total. The summed E-state index contributed by atoms with van der Waals surface area (Å²) in [5.41, 5.74) is 1.44. The molecule has 0 radical (unpaired) electrons. The molecule has 2 aromatic carbocycles. The van der Waals surface area contributed by atoms with Gasteiger partial charge in [-0.1, -0.05) is 24.3 Å². The van der Waals surface area contributed by atoms with Crippen LogP contribution in [0.3, 0.4) is 0 Å². The van der Waals surface area contributed by atoms with E-state index in [0.29, 0.717) is 34.6 Å². The standard InChI is InChI=1S/C25H25BrN2O6/c1-5-8-17-9-6-7-10-20(17)33-11-12-34-22-19(26)14-16(15-21(22)32-4)13-18-23(29)27(2)25(31)28(3)24(18)30/h5-7,9-10,13-15H,1,8,11-12H2,2-4H3. The normalized spacial score (nSPS) is 13.8. The highest BCUT2D eigenvalue weighted by Gasteiger charge is 2.37. The number of benzene rings is 2. The van der Waals surface area contributed by atoms with Gasteiger partial charge in [0.2, 0.25) is 0 Å². The minimum Gasteiger partial charge on any atom is -0.493 e. The highest BCUT2D eigenvalue weighted by atomic mass is 79.9. The number of carbonyl (C=O) groups is 3. The molecule has 1 aliphatic rings. The van der Waals surface area contributed by atoms with E-state index in [1.807, 2.05) is 30.3 Å². The Kier molecular flexibility index (Phi) is 8.12. The zero-order chi connectivity index (χ0) is 24.8. The first kappa shape index (κ1) is 25.0. The minimum absolute atomic E-state index is 0.126. The first-order valence-electron chi connectivity index (χ1n) is 10.4. The van der Waals surface area contributed by atoms with Crippen LogP contribution in [0, 0.1) is 0 Å². The molecule has 0 N–H and O–H groups in total. The van der Waals surface area contributed by atoms with Crippen LogP contribution in [0.15, 0.2) is 59.1 Å². The van der Waals surface area contributed by atoms with E-state index in [1.165, 1.54) is 27.3 Å². The van der Waals surface area contributed by atoms with Crippen molar-refractivity contribution in [3.8, 4) is 17.2 Å². The monoisotopic (exact) mass is 528 g/mol. The van der Waals surface area contributed by atoms with Crippen molar-refractivity contribution in [1.29, 1.82) is 0 Å². The van der Waals surface area contributed by atoms with Crippen molar-refractivity contribution >= 4 is 39.9 Å². The molecule has 2 aromatic rings. The zero-order valence-corrected chi connectivity index (χ0v) is 20.8. The molecule has 0 atom stereocenters. The van der Waals surface area contributed by atoms with Gasteiger partial charge in [0.1, 0.15) is 24.5 Å². The van der Waals surface area contributed by atoms with E-state index in [0.717, 1.165) is 21.1 Å². The van der Waals surface area contributed by atoms with Gasteiger partial charge in [-0.2, -0.15) is 0 Å². The quantitative estimate of drug-likeness (QED) is 0.211. The van der Waals surface area contributed by atoms with E-state index < -0.39 is 17.8 Å². The fourth-order valence-electron chi connectivity index (χ4n) is 3.37. The Morgan fingerprint density at radius 1 is 0.971 bits per heavy atom. The van der Waals surface area contributed by atoms with E-state index in [4.69, 9.17) is 14.2 Å². The number of ether oxygens (including phenoxy) is 3. The SMILES string of the molecule is C=CCc1ccccc1OCCOc1c(Br)cc(C=C2C(=O)N(C)C(=O)N(C)C2=O)cc1OC. The van der Waals surface area contributed by atoms with Crippen molar-refractivity contribution in [2.75, 3.05) is 34.4 Å². The maximum absolute atomic E-state index is 12.5.